The fourth-order valence-corrected chi connectivity index (χ4v) is 2.97. The molecule has 8 heteroatoms. The third-order valence-electron chi connectivity index (χ3n) is 1.71. The van der Waals surface area contributed by atoms with Crippen LogP contribution in [0.4, 0.5) is 0 Å². The summed E-state index contributed by atoms with van der Waals surface area (Å²) in [6, 6.07) is 0. The number of nitrogens with zero attached hydrogens (tertiary/aromatic N) is 2. The van der Waals surface area contributed by atoms with Gasteiger partial charge in [0.25, 0.3) is 0 Å². The predicted molar refractivity (Wildman–Crippen MR) is 63.8 cm³/mol. The molecular formula is C9H12N2O4S2. The van der Waals surface area contributed by atoms with E-state index in [1.165, 1.54) is 37.5 Å². The molecule has 0 saturated heterocycles. The van der Waals surface area contributed by atoms with Crippen molar-refractivity contribution in [2.75, 3.05) is 24.9 Å². The van der Waals surface area contributed by atoms with Crippen molar-refractivity contribution >= 4 is 27.6 Å². The summed E-state index contributed by atoms with van der Waals surface area (Å²) < 4.78 is 26.3. The highest BCUT2D eigenvalue weighted by molar-refractivity contribution is 8.00. The van der Waals surface area contributed by atoms with Crippen LogP contribution in [0.15, 0.2) is 17.4 Å². The van der Waals surface area contributed by atoms with E-state index in [0.717, 1.165) is 0 Å². The van der Waals surface area contributed by atoms with Crippen LogP contribution in [0.5, 0.6) is 0 Å². The zero-order chi connectivity index (χ0) is 12.9. The van der Waals surface area contributed by atoms with Gasteiger partial charge < -0.3 is 4.74 Å². The Kier molecular flexibility index (Phi) is 4.88. The molecule has 0 aromatic carbocycles. The monoisotopic (exact) mass is 276 g/mol. The normalized spacial score (nSPS) is 11.2. The van der Waals surface area contributed by atoms with Crippen LogP contribution in [-0.2, 0) is 14.6 Å². The van der Waals surface area contributed by atoms with Gasteiger partial charge in [0, 0.05) is 12.0 Å². The maximum absolute atomic E-state index is 11.2. The maximum atomic E-state index is 11.2. The van der Waals surface area contributed by atoms with E-state index in [9.17, 15) is 13.2 Å². The van der Waals surface area contributed by atoms with Gasteiger partial charge in [-0.2, -0.15) is 0 Å². The Morgan fingerprint density at radius 3 is 2.76 bits per heavy atom. The average molecular weight is 276 g/mol. The Hall–Kier alpha value is -1.15. The Labute approximate surface area is 104 Å². The lowest BCUT2D eigenvalue weighted by atomic mass is 10.5. The number of aromatic nitrogens is 2. The van der Waals surface area contributed by atoms with Crippen LogP contribution in [-0.4, -0.2) is 49.2 Å². The lowest BCUT2D eigenvalue weighted by Crippen LogP contribution is -2.07. The molecule has 1 aromatic heterocycles. The SMILES string of the molecule is COC(=O)c1cncc(SCCS(C)(=O)=O)n1. The van der Waals surface area contributed by atoms with Gasteiger partial charge >= 0.3 is 5.97 Å². The van der Waals surface area contributed by atoms with Crippen LogP contribution in [0, 0.1) is 0 Å². The summed E-state index contributed by atoms with van der Waals surface area (Å²) >= 11 is 1.23. The third-order valence-corrected chi connectivity index (χ3v) is 3.82. The molecule has 0 amide bonds. The van der Waals surface area contributed by atoms with Crippen LogP contribution in [0.1, 0.15) is 10.5 Å². The fourth-order valence-electron chi connectivity index (χ4n) is 0.918. The van der Waals surface area contributed by atoms with Crippen molar-refractivity contribution < 1.29 is 17.9 Å². The number of carbonyl (C=O) groups is 1. The first-order valence-corrected chi connectivity index (χ1v) is 7.68. The number of hydrogen-bond donors (Lipinski definition) is 0. The van der Waals surface area contributed by atoms with Gasteiger partial charge in [0.05, 0.1) is 25.3 Å². The third kappa shape index (κ3) is 5.14. The van der Waals surface area contributed by atoms with E-state index >= 15 is 0 Å². The van der Waals surface area contributed by atoms with E-state index in [0.29, 0.717) is 10.8 Å². The van der Waals surface area contributed by atoms with E-state index in [2.05, 4.69) is 14.7 Å². The summed E-state index contributed by atoms with van der Waals surface area (Å²) in [7, 11) is -1.73. The summed E-state index contributed by atoms with van der Waals surface area (Å²) in [5, 5.41) is 0.497. The molecule has 17 heavy (non-hydrogen) atoms. The molecule has 0 aliphatic heterocycles. The average Bonchev–Trinajstić information content (AvgIpc) is 2.27. The Balaban J connectivity index is 2.63. The number of ether oxygens (including phenoxy) is 1. The largest absolute Gasteiger partial charge is 0.464 e. The van der Waals surface area contributed by atoms with Gasteiger partial charge in [-0.15, -0.1) is 11.8 Å². The number of thioether (sulfide) groups is 1. The number of carbonyl (C=O) groups excluding carboxylic acids is 1. The quantitative estimate of drug-likeness (QED) is 0.568. The minimum Gasteiger partial charge on any atom is -0.464 e. The number of sulfone groups is 1. The van der Waals surface area contributed by atoms with Crippen molar-refractivity contribution in [2.24, 2.45) is 0 Å². The van der Waals surface area contributed by atoms with Crippen molar-refractivity contribution in [3.8, 4) is 0 Å². The number of hydrogen-bond acceptors (Lipinski definition) is 7. The molecule has 0 aliphatic rings. The van der Waals surface area contributed by atoms with Crippen molar-refractivity contribution in [2.45, 2.75) is 5.03 Å². The molecule has 0 bridgehead atoms. The topological polar surface area (TPSA) is 86.2 Å². The lowest BCUT2D eigenvalue weighted by Gasteiger charge is -2.01. The standard InChI is InChI=1S/C9H12N2O4S2/c1-15-9(12)7-5-10-6-8(11-7)16-3-4-17(2,13)14/h5-6H,3-4H2,1-2H3. The van der Waals surface area contributed by atoms with Crippen LogP contribution in [0.2, 0.25) is 0 Å². The Morgan fingerprint density at radius 2 is 2.18 bits per heavy atom. The van der Waals surface area contributed by atoms with E-state index in [1.54, 1.807) is 0 Å². The molecular weight excluding hydrogens is 264 g/mol. The summed E-state index contributed by atoms with van der Waals surface area (Å²) in [6.07, 6.45) is 3.94. The van der Waals surface area contributed by atoms with Crippen molar-refractivity contribution in [1.82, 2.24) is 9.97 Å². The highest BCUT2D eigenvalue weighted by Gasteiger charge is 2.09. The van der Waals surface area contributed by atoms with Crippen molar-refractivity contribution in [3.63, 3.8) is 0 Å². The van der Waals surface area contributed by atoms with Crippen LogP contribution < -0.4 is 0 Å². The Bertz CT molecular complexity index is 501. The lowest BCUT2D eigenvalue weighted by molar-refractivity contribution is 0.0592. The van der Waals surface area contributed by atoms with Crippen LogP contribution in [0.25, 0.3) is 0 Å². The molecule has 1 heterocycles. The Morgan fingerprint density at radius 1 is 1.47 bits per heavy atom. The molecule has 0 saturated carbocycles. The first-order chi connectivity index (χ1) is 7.92. The molecule has 1 rings (SSSR count). The second-order valence-corrected chi connectivity index (χ2v) is 6.59. The summed E-state index contributed by atoms with van der Waals surface area (Å²) in [5.41, 5.74) is 0.108. The smallest absolute Gasteiger partial charge is 0.358 e. The summed E-state index contributed by atoms with van der Waals surface area (Å²) in [5.74, 6) is -0.136. The first kappa shape index (κ1) is 13.9. The first-order valence-electron chi connectivity index (χ1n) is 4.63. The van der Waals surface area contributed by atoms with Crippen LogP contribution >= 0.6 is 11.8 Å². The van der Waals surface area contributed by atoms with Gasteiger partial charge in [0.15, 0.2) is 5.69 Å². The molecule has 0 fully saturated rings. The molecule has 0 atom stereocenters. The highest BCUT2D eigenvalue weighted by atomic mass is 32.2. The minimum atomic E-state index is -2.99. The van der Waals surface area contributed by atoms with E-state index in [1.807, 2.05) is 0 Å². The fraction of sp³-hybridized carbons (Fsp3) is 0.444. The zero-order valence-electron chi connectivity index (χ0n) is 9.41. The molecule has 94 valence electrons. The number of rotatable bonds is 5. The molecule has 0 aliphatic carbocycles. The van der Waals surface area contributed by atoms with Gasteiger partial charge in [0.2, 0.25) is 0 Å². The van der Waals surface area contributed by atoms with Gasteiger partial charge in [-0.3, -0.25) is 4.98 Å². The second-order valence-electron chi connectivity index (χ2n) is 3.21. The molecule has 0 N–H and O–H groups in total. The predicted octanol–water partition coefficient (Wildman–Crippen LogP) is 0.400. The van der Waals surface area contributed by atoms with E-state index in [-0.39, 0.29) is 11.4 Å². The molecule has 0 spiro atoms. The highest BCUT2D eigenvalue weighted by Crippen LogP contribution is 2.14. The van der Waals surface area contributed by atoms with Gasteiger partial charge in [-0.05, 0) is 0 Å². The van der Waals surface area contributed by atoms with E-state index < -0.39 is 15.8 Å². The number of methoxy groups -OCH3 is 1. The second kappa shape index (κ2) is 5.97. The summed E-state index contributed by atoms with van der Waals surface area (Å²) in [4.78, 5) is 19.0. The van der Waals surface area contributed by atoms with Crippen molar-refractivity contribution in [3.05, 3.63) is 18.1 Å². The summed E-state index contributed by atoms with van der Waals surface area (Å²) in [6.45, 7) is 0. The molecule has 6 nitrogen and oxygen atoms in total. The molecule has 0 unspecified atom stereocenters. The van der Waals surface area contributed by atoms with Gasteiger partial charge in [-0.1, -0.05) is 0 Å². The zero-order valence-corrected chi connectivity index (χ0v) is 11.0. The van der Waals surface area contributed by atoms with E-state index in [4.69, 9.17) is 0 Å². The van der Waals surface area contributed by atoms with Crippen LogP contribution in [0.3, 0.4) is 0 Å². The maximum Gasteiger partial charge on any atom is 0.358 e. The van der Waals surface area contributed by atoms with Gasteiger partial charge in [-0.25, -0.2) is 18.2 Å². The number of esters is 1. The van der Waals surface area contributed by atoms with Crippen molar-refractivity contribution in [1.29, 1.82) is 0 Å². The van der Waals surface area contributed by atoms with Gasteiger partial charge in [0.1, 0.15) is 14.9 Å². The molecule has 0 radical (unpaired) electrons. The minimum absolute atomic E-state index is 0.0573. The molecule has 1 aromatic rings.